The van der Waals surface area contributed by atoms with E-state index in [-0.39, 0.29) is 18.5 Å². The number of carbonyl (C=O) groups excluding carboxylic acids is 1. The molecule has 1 heterocycles. The molecule has 1 amide bonds. The Bertz CT molecular complexity index is 536. The van der Waals surface area contributed by atoms with Crippen LogP contribution in [-0.4, -0.2) is 60.0 Å². The minimum absolute atomic E-state index is 0.0293. The van der Waals surface area contributed by atoms with Crippen LogP contribution in [0.2, 0.25) is 5.02 Å². The van der Waals surface area contributed by atoms with E-state index in [1.165, 1.54) is 4.90 Å². The van der Waals surface area contributed by atoms with Crippen molar-refractivity contribution in [1.82, 2.24) is 19.7 Å². The van der Waals surface area contributed by atoms with Crippen molar-refractivity contribution in [1.29, 1.82) is 0 Å². The number of hydrogen-bond donors (Lipinski definition) is 1. The van der Waals surface area contributed by atoms with Crippen molar-refractivity contribution in [2.24, 2.45) is 12.0 Å². The smallest absolute Gasteiger partial charge is 0.243 e. The second-order valence-electron chi connectivity index (χ2n) is 5.84. The molecule has 0 aromatic carbocycles. The molecule has 22 heavy (non-hydrogen) atoms. The fourth-order valence-corrected chi connectivity index (χ4v) is 2.13. The molecule has 1 rings (SSSR count). The number of amides is 1. The molecule has 124 valence electrons. The highest BCUT2D eigenvalue weighted by molar-refractivity contribution is 6.30. The van der Waals surface area contributed by atoms with Gasteiger partial charge in [0.1, 0.15) is 6.54 Å². The van der Waals surface area contributed by atoms with Crippen LogP contribution < -0.4 is 5.32 Å². The highest BCUT2D eigenvalue weighted by Gasteiger charge is 2.12. The van der Waals surface area contributed by atoms with Crippen molar-refractivity contribution >= 4 is 23.5 Å². The summed E-state index contributed by atoms with van der Waals surface area (Å²) in [6, 6.07) is 2.16. The molecule has 0 bridgehead atoms. The summed E-state index contributed by atoms with van der Waals surface area (Å²) in [5.41, 5.74) is 1.07. The summed E-state index contributed by atoms with van der Waals surface area (Å²) in [6.45, 7) is 4.85. The quantitative estimate of drug-likeness (QED) is 0.659. The Morgan fingerprint density at radius 2 is 2.05 bits per heavy atom. The van der Waals surface area contributed by atoms with E-state index in [1.54, 1.807) is 14.1 Å². The third kappa shape index (κ3) is 5.60. The summed E-state index contributed by atoms with van der Waals surface area (Å²) in [5, 5.41) is 4.00. The average Bonchev–Trinajstić information content (AvgIpc) is 2.71. The zero-order valence-corrected chi connectivity index (χ0v) is 15.0. The van der Waals surface area contributed by atoms with Gasteiger partial charge in [-0.15, -0.1) is 0 Å². The van der Waals surface area contributed by atoms with Gasteiger partial charge in [-0.3, -0.25) is 4.79 Å². The zero-order chi connectivity index (χ0) is 16.9. The van der Waals surface area contributed by atoms with E-state index >= 15 is 0 Å². The molecule has 0 unspecified atom stereocenters. The van der Waals surface area contributed by atoms with Gasteiger partial charge in [-0.25, -0.2) is 4.99 Å². The Labute approximate surface area is 137 Å². The molecule has 0 aliphatic carbocycles. The number of carbonyl (C=O) groups is 1. The third-order valence-corrected chi connectivity index (χ3v) is 3.32. The number of likely N-dealkylation sites (N-methyl/N-ethyl adjacent to an activating group) is 1. The zero-order valence-electron chi connectivity index (χ0n) is 14.2. The Morgan fingerprint density at radius 3 is 2.50 bits per heavy atom. The number of aliphatic imine (C=N–C) groups is 1. The van der Waals surface area contributed by atoms with Gasteiger partial charge in [0.25, 0.3) is 0 Å². The van der Waals surface area contributed by atoms with Crippen LogP contribution in [0.1, 0.15) is 19.5 Å². The maximum absolute atomic E-state index is 11.7. The number of nitrogens with one attached hydrogen (secondary N) is 1. The van der Waals surface area contributed by atoms with Crippen LogP contribution in [0.25, 0.3) is 0 Å². The molecule has 0 fully saturated rings. The second-order valence-corrected chi connectivity index (χ2v) is 6.28. The fourth-order valence-electron chi connectivity index (χ4n) is 1.86. The molecule has 7 heteroatoms. The molecule has 1 aromatic rings. The summed E-state index contributed by atoms with van der Waals surface area (Å²) in [5.74, 6) is 0.667. The van der Waals surface area contributed by atoms with Crippen LogP contribution in [0.4, 0.5) is 0 Å². The molecule has 0 radical (unpaired) electrons. The summed E-state index contributed by atoms with van der Waals surface area (Å²) >= 11 is 6.02. The lowest BCUT2D eigenvalue weighted by atomic mass is 10.3. The Kier molecular flexibility index (Phi) is 6.74. The normalized spacial score (nSPS) is 11.7. The minimum atomic E-state index is -0.0293. The predicted molar refractivity (Wildman–Crippen MR) is 91.2 cm³/mol. The van der Waals surface area contributed by atoms with E-state index in [0.717, 1.165) is 5.69 Å². The Balaban J connectivity index is 2.83. The molecule has 0 aliphatic rings. The van der Waals surface area contributed by atoms with Gasteiger partial charge >= 0.3 is 0 Å². The first-order valence-corrected chi connectivity index (χ1v) is 7.61. The Morgan fingerprint density at radius 1 is 1.41 bits per heavy atom. The largest absolute Gasteiger partial charge is 0.354 e. The summed E-state index contributed by atoms with van der Waals surface area (Å²) < 4.78 is 1.98. The highest BCUT2D eigenvalue weighted by atomic mass is 35.5. The molecule has 1 N–H and O–H groups in total. The lowest BCUT2D eigenvalue weighted by Crippen LogP contribution is -2.43. The van der Waals surface area contributed by atoms with E-state index in [9.17, 15) is 4.79 Å². The number of aryl methyl sites for hydroxylation is 1. The first-order chi connectivity index (χ1) is 10.2. The van der Waals surface area contributed by atoms with Gasteiger partial charge in [-0.05, 0) is 19.9 Å². The third-order valence-electron chi connectivity index (χ3n) is 3.12. The summed E-state index contributed by atoms with van der Waals surface area (Å²) in [4.78, 5) is 19.7. The first kappa shape index (κ1) is 18.4. The molecule has 0 saturated carbocycles. The maximum Gasteiger partial charge on any atom is 0.243 e. The van der Waals surface area contributed by atoms with E-state index in [2.05, 4.69) is 10.3 Å². The van der Waals surface area contributed by atoms with Crippen LogP contribution in [0.15, 0.2) is 17.3 Å². The predicted octanol–water partition coefficient (Wildman–Crippen LogP) is 1.55. The van der Waals surface area contributed by atoms with Crippen LogP contribution in [0.5, 0.6) is 0 Å². The lowest BCUT2D eigenvalue weighted by Gasteiger charge is -2.24. The standard InChI is InChI=1S/C15H26ClN5O/c1-11(2)18-15(17-8-14(22)19(3)4)21(6)10-13-7-12(16)9-20(13)5/h7,9,11H,8,10H2,1-6H3,(H,17,18). The van der Waals surface area contributed by atoms with Gasteiger partial charge in [-0.1, -0.05) is 11.6 Å². The van der Waals surface area contributed by atoms with Crippen molar-refractivity contribution in [3.8, 4) is 0 Å². The average molecular weight is 328 g/mol. The van der Waals surface area contributed by atoms with Crippen LogP contribution in [-0.2, 0) is 18.4 Å². The number of rotatable bonds is 5. The first-order valence-electron chi connectivity index (χ1n) is 7.23. The SMILES string of the molecule is CC(C)NC(=NCC(=O)N(C)C)N(C)Cc1cc(Cl)cn1C. The summed E-state index contributed by atoms with van der Waals surface area (Å²) in [6.07, 6.45) is 1.87. The fraction of sp³-hybridized carbons (Fsp3) is 0.600. The van der Waals surface area contributed by atoms with E-state index in [1.807, 2.05) is 49.7 Å². The van der Waals surface area contributed by atoms with Crippen LogP contribution in [0.3, 0.4) is 0 Å². The van der Waals surface area contributed by atoms with Gasteiger partial charge in [0.15, 0.2) is 5.96 Å². The van der Waals surface area contributed by atoms with Gasteiger partial charge in [0.2, 0.25) is 5.91 Å². The molecule has 0 aliphatic heterocycles. The number of nitrogens with zero attached hydrogens (tertiary/aromatic N) is 4. The topological polar surface area (TPSA) is 52.9 Å². The van der Waals surface area contributed by atoms with Crippen molar-refractivity contribution < 1.29 is 4.79 Å². The molecule has 6 nitrogen and oxygen atoms in total. The van der Waals surface area contributed by atoms with Crippen molar-refractivity contribution in [2.45, 2.75) is 26.4 Å². The van der Waals surface area contributed by atoms with Gasteiger partial charge in [-0.2, -0.15) is 0 Å². The van der Waals surface area contributed by atoms with Crippen molar-refractivity contribution in [3.63, 3.8) is 0 Å². The van der Waals surface area contributed by atoms with Crippen molar-refractivity contribution in [3.05, 3.63) is 23.0 Å². The van der Waals surface area contributed by atoms with Crippen LogP contribution >= 0.6 is 11.6 Å². The summed E-state index contributed by atoms with van der Waals surface area (Å²) in [7, 11) is 7.35. The molecular weight excluding hydrogens is 302 g/mol. The number of hydrogen-bond acceptors (Lipinski definition) is 2. The van der Waals surface area contributed by atoms with Crippen LogP contribution in [0, 0.1) is 0 Å². The molecule has 0 saturated heterocycles. The molecule has 0 spiro atoms. The molecule has 0 atom stereocenters. The maximum atomic E-state index is 11.7. The number of aromatic nitrogens is 1. The number of guanidine groups is 1. The van der Waals surface area contributed by atoms with E-state index in [0.29, 0.717) is 17.5 Å². The second kappa shape index (κ2) is 8.08. The Hall–Kier alpha value is -1.69. The monoisotopic (exact) mass is 327 g/mol. The lowest BCUT2D eigenvalue weighted by molar-refractivity contribution is -0.127. The number of halogens is 1. The molecule has 1 aromatic heterocycles. The van der Waals surface area contributed by atoms with Gasteiger partial charge < -0.3 is 19.7 Å². The molecular formula is C15H26ClN5O. The van der Waals surface area contributed by atoms with E-state index in [4.69, 9.17) is 11.6 Å². The highest BCUT2D eigenvalue weighted by Crippen LogP contribution is 2.14. The van der Waals surface area contributed by atoms with Crippen molar-refractivity contribution in [2.75, 3.05) is 27.7 Å². The minimum Gasteiger partial charge on any atom is -0.354 e. The van der Waals surface area contributed by atoms with Gasteiger partial charge in [0.05, 0.1) is 11.6 Å². The van der Waals surface area contributed by atoms with Gasteiger partial charge in [0, 0.05) is 46.1 Å². The van der Waals surface area contributed by atoms with E-state index < -0.39 is 0 Å².